The monoisotopic (exact) mass is 438 g/mol. The van der Waals surface area contributed by atoms with Gasteiger partial charge in [-0.15, -0.1) is 0 Å². The van der Waals surface area contributed by atoms with Crippen LogP contribution in [0.1, 0.15) is 51.4 Å². The summed E-state index contributed by atoms with van der Waals surface area (Å²) >= 11 is 0. The van der Waals surface area contributed by atoms with Gasteiger partial charge in [0.1, 0.15) is 0 Å². The first-order valence-corrected chi connectivity index (χ1v) is 12.3. The van der Waals surface area contributed by atoms with Crippen molar-refractivity contribution >= 4 is 15.6 Å². The molecule has 0 aliphatic carbocycles. The van der Waals surface area contributed by atoms with E-state index in [4.69, 9.17) is 19.6 Å². The van der Waals surface area contributed by atoms with Gasteiger partial charge in [-0.1, -0.05) is 55.0 Å². The molecule has 0 aliphatic heterocycles. The molecule has 0 spiro atoms. The van der Waals surface area contributed by atoms with E-state index in [1.807, 2.05) is 18.2 Å². The van der Waals surface area contributed by atoms with Crippen LogP contribution in [0.3, 0.4) is 0 Å². The molecule has 0 bridgehead atoms. The molecule has 0 saturated heterocycles. The number of hydrogen-bond donors (Lipinski definition) is 4. The minimum absolute atomic E-state index is 0.00572. The average molecular weight is 438 g/mol. The topological polar surface area (TPSA) is 134 Å². The lowest BCUT2D eigenvalue weighted by Crippen LogP contribution is -1.91. The van der Waals surface area contributed by atoms with Gasteiger partial charge in [-0.2, -0.15) is 0 Å². The van der Waals surface area contributed by atoms with Crippen molar-refractivity contribution in [2.75, 3.05) is 13.2 Å². The van der Waals surface area contributed by atoms with Crippen molar-refractivity contribution in [3.8, 4) is 0 Å². The Labute approximate surface area is 167 Å². The van der Waals surface area contributed by atoms with Crippen LogP contribution in [0.5, 0.6) is 0 Å². The highest BCUT2D eigenvalue weighted by Crippen LogP contribution is 2.36. The lowest BCUT2D eigenvalue weighted by Gasteiger charge is -2.03. The van der Waals surface area contributed by atoms with Gasteiger partial charge in [0, 0.05) is 0 Å². The molecule has 0 heterocycles. The standard InChI is InChI=1S/C18H32O8P2/c19-27(20,21)25-17-15-13-11-9-7-5-3-1-2-4-6-8-10-12-14-16-18-26-28(22,23)24/h1-2,5-8,11,13H,3-4,9-10,12,14-18H2,(H2,19,20,21)(H2,22,23,24)/b2-1+,7-5+,8-6+,13-11+. The Morgan fingerprint density at radius 2 is 0.964 bits per heavy atom. The van der Waals surface area contributed by atoms with Crippen LogP contribution in [0.2, 0.25) is 0 Å². The zero-order chi connectivity index (χ0) is 21.1. The molecule has 0 saturated carbocycles. The molecule has 10 heteroatoms. The number of allylic oxidation sites excluding steroid dienone is 7. The SMILES string of the molecule is O=P(O)(O)OCC/C=C/C/C=C/C/C=C/C/C=C/CCCCCOP(=O)(O)O. The molecule has 0 radical (unpaired) electrons. The number of hydrogen-bond acceptors (Lipinski definition) is 4. The van der Waals surface area contributed by atoms with Crippen LogP contribution in [0.4, 0.5) is 0 Å². The minimum atomic E-state index is -4.35. The summed E-state index contributed by atoms with van der Waals surface area (Å²) in [4.78, 5) is 34.0. The van der Waals surface area contributed by atoms with Crippen LogP contribution in [0.15, 0.2) is 48.6 Å². The Balaban J connectivity index is 3.47. The predicted molar refractivity (Wildman–Crippen MR) is 109 cm³/mol. The molecule has 0 fully saturated rings. The predicted octanol–water partition coefficient (Wildman–Crippen LogP) is 4.55. The van der Waals surface area contributed by atoms with Gasteiger partial charge >= 0.3 is 15.6 Å². The molecule has 0 rings (SSSR count). The van der Waals surface area contributed by atoms with Gasteiger partial charge in [0.25, 0.3) is 0 Å². The summed E-state index contributed by atoms with van der Waals surface area (Å²) in [6, 6.07) is 0. The highest BCUT2D eigenvalue weighted by molar-refractivity contribution is 7.46. The van der Waals surface area contributed by atoms with Crippen molar-refractivity contribution in [3.63, 3.8) is 0 Å². The summed E-state index contributed by atoms with van der Waals surface area (Å²) in [5.41, 5.74) is 0. The van der Waals surface area contributed by atoms with Crippen molar-refractivity contribution in [2.45, 2.75) is 51.4 Å². The van der Waals surface area contributed by atoms with Gasteiger partial charge in [0.2, 0.25) is 0 Å². The molecule has 0 aromatic heterocycles. The highest BCUT2D eigenvalue weighted by atomic mass is 31.2. The molecule has 0 unspecified atom stereocenters. The van der Waals surface area contributed by atoms with Crippen molar-refractivity contribution in [2.24, 2.45) is 0 Å². The number of phosphoric ester groups is 2. The smallest absolute Gasteiger partial charge is 0.303 e. The van der Waals surface area contributed by atoms with Crippen LogP contribution in [0.25, 0.3) is 0 Å². The third-order valence-electron chi connectivity index (χ3n) is 3.30. The summed E-state index contributed by atoms with van der Waals surface area (Å²) in [7, 11) is -8.67. The van der Waals surface area contributed by atoms with E-state index in [2.05, 4.69) is 39.4 Å². The van der Waals surface area contributed by atoms with Gasteiger partial charge in [-0.3, -0.25) is 9.05 Å². The first-order valence-electron chi connectivity index (χ1n) is 9.21. The van der Waals surface area contributed by atoms with Crippen LogP contribution in [0, 0.1) is 0 Å². The van der Waals surface area contributed by atoms with E-state index >= 15 is 0 Å². The molecule has 162 valence electrons. The van der Waals surface area contributed by atoms with Crippen LogP contribution in [-0.2, 0) is 18.2 Å². The number of phosphoric acid groups is 2. The Morgan fingerprint density at radius 1 is 0.536 bits per heavy atom. The fourth-order valence-electron chi connectivity index (χ4n) is 2.01. The van der Waals surface area contributed by atoms with Crippen molar-refractivity contribution in [1.82, 2.24) is 0 Å². The van der Waals surface area contributed by atoms with Crippen LogP contribution < -0.4 is 0 Å². The van der Waals surface area contributed by atoms with Gasteiger partial charge in [0.15, 0.2) is 0 Å². The fourth-order valence-corrected chi connectivity index (χ4v) is 2.72. The zero-order valence-corrected chi connectivity index (χ0v) is 17.8. The average Bonchev–Trinajstić information content (AvgIpc) is 2.58. The molecule has 0 aromatic carbocycles. The molecule has 0 aliphatic rings. The van der Waals surface area contributed by atoms with Crippen molar-refractivity contribution < 1.29 is 37.8 Å². The Hall–Kier alpha value is -0.820. The Bertz CT molecular complexity index is 586. The van der Waals surface area contributed by atoms with Gasteiger partial charge < -0.3 is 19.6 Å². The summed E-state index contributed by atoms with van der Waals surface area (Å²) in [5, 5.41) is 0. The summed E-state index contributed by atoms with van der Waals surface area (Å²) in [6.07, 6.45) is 22.6. The number of rotatable bonds is 17. The first kappa shape index (κ1) is 27.2. The summed E-state index contributed by atoms with van der Waals surface area (Å²) < 4.78 is 29.6. The molecule has 0 atom stereocenters. The third kappa shape index (κ3) is 25.2. The highest BCUT2D eigenvalue weighted by Gasteiger charge is 2.12. The maximum atomic E-state index is 10.5. The molecule has 0 amide bonds. The van der Waals surface area contributed by atoms with Crippen molar-refractivity contribution in [3.05, 3.63) is 48.6 Å². The van der Waals surface area contributed by atoms with Gasteiger partial charge in [-0.25, -0.2) is 9.13 Å². The minimum Gasteiger partial charge on any atom is -0.303 e. The zero-order valence-electron chi connectivity index (χ0n) is 16.0. The normalized spacial score (nSPS) is 13.7. The number of unbranched alkanes of at least 4 members (excludes halogenated alkanes) is 3. The van der Waals surface area contributed by atoms with E-state index in [-0.39, 0.29) is 13.2 Å². The maximum absolute atomic E-state index is 10.5. The van der Waals surface area contributed by atoms with E-state index in [1.54, 1.807) is 0 Å². The lowest BCUT2D eigenvalue weighted by atomic mass is 10.2. The first-order chi connectivity index (χ1) is 13.2. The van der Waals surface area contributed by atoms with E-state index in [9.17, 15) is 9.13 Å². The van der Waals surface area contributed by atoms with Gasteiger partial charge in [-0.05, 0) is 44.9 Å². The van der Waals surface area contributed by atoms with Gasteiger partial charge in [0.05, 0.1) is 13.2 Å². The maximum Gasteiger partial charge on any atom is 0.469 e. The van der Waals surface area contributed by atoms with E-state index < -0.39 is 15.6 Å². The molecule has 0 aromatic rings. The van der Waals surface area contributed by atoms with Crippen LogP contribution in [-0.4, -0.2) is 32.8 Å². The third-order valence-corrected chi connectivity index (χ3v) is 4.34. The molecular weight excluding hydrogens is 406 g/mol. The second-order valence-corrected chi connectivity index (χ2v) is 8.36. The Kier molecular flexibility index (Phi) is 16.6. The lowest BCUT2D eigenvalue weighted by molar-refractivity contribution is 0.193. The summed E-state index contributed by atoms with van der Waals surface area (Å²) in [6.45, 7) is 0.0941. The van der Waals surface area contributed by atoms with Crippen LogP contribution >= 0.6 is 15.6 Å². The fraction of sp³-hybridized carbons (Fsp3) is 0.556. The molecule has 28 heavy (non-hydrogen) atoms. The second-order valence-electron chi connectivity index (χ2n) is 5.88. The molecule has 4 N–H and O–H groups in total. The largest absolute Gasteiger partial charge is 0.469 e. The molecular formula is C18H32O8P2. The quantitative estimate of drug-likeness (QED) is 0.148. The molecule has 8 nitrogen and oxygen atoms in total. The Morgan fingerprint density at radius 3 is 1.46 bits per heavy atom. The second kappa shape index (κ2) is 17.1. The summed E-state index contributed by atoms with van der Waals surface area (Å²) in [5.74, 6) is 0. The van der Waals surface area contributed by atoms with E-state index in [0.717, 1.165) is 38.5 Å². The van der Waals surface area contributed by atoms with Crippen molar-refractivity contribution in [1.29, 1.82) is 0 Å². The van der Waals surface area contributed by atoms with E-state index in [1.165, 1.54) is 0 Å². The van der Waals surface area contributed by atoms with E-state index in [0.29, 0.717) is 12.8 Å².